The molecular formula is C40H41F6N3O5. The summed E-state index contributed by atoms with van der Waals surface area (Å²) in [5.41, 5.74) is 2.48. The summed E-state index contributed by atoms with van der Waals surface area (Å²) >= 11 is 0. The van der Waals surface area contributed by atoms with Crippen LogP contribution in [0.15, 0.2) is 66.2 Å². The van der Waals surface area contributed by atoms with Gasteiger partial charge in [-0.25, -0.2) is 8.78 Å². The number of methoxy groups -OCH3 is 1. The maximum Gasteiger partial charge on any atom is 0.416 e. The number of hydrogen-bond acceptors (Lipinski definition) is 6. The molecule has 2 amide bonds. The molecule has 2 fully saturated rings. The molecule has 0 unspecified atom stereocenters. The van der Waals surface area contributed by atoms with Gasteiger partial charge in [0.05, 0.1) is 25.3 Å². The van der Waals surface area contributed by atoms with E-state index < -0.39 is 47.0 Å². The van der Waals surface area contributed by atoms with Crippen LogP contribution in [0.1, 0.15) is 67.2 Å². The van der Waals surface area contributed by atoms with Gasteiger partial charge in [-0.2, -0.15) is 17.6 Å². The Morgan fingerprint density at radius 2 is 1.65 bits per heavy atom. The Morgan fingerprint density at radius 1 is 0.907 bits per heavy atom. The number of amides is 2. The standard InChI is InChI=1S/C40H41F6N3O5/c1-53-35(51)9-3-8-34(50)48-22-28-20-30(26-12-10-24(11-13-26)6-4-18-54-38-32(42)17-16-31(41)37(38)43)36(33(23-48)47-28)39(52)49(29-14-15-29)21-25-5-2-7-27(19-25)40(44,45)46/h2,5,7,10-13,16-17,19,28-29,33,47H,3-4,6,8-9,14-15,18,20-23H2,1H3/t28-,33-/m1/s1. The number of carbonyl (C=O) groups is 3. The van der Waals surface area contributed by atoms with Crippen molar-refractivity contribution in [2.45, 2.75) is 82.2 Å². The van der Waals surface area contributed by atoms with Gasteiger partial charge in [-0.3, -0.25) is 14.4 Å². The number of halogens is 6. The molecule has 2 heterocycles. The van der Waals surface area contributed by atoms with Crippen LogP contribution >= 0.6 is 0 Å². The average molecular weight is 758 g/mol. The third kappa shape index (κ3) is 9.26. The summed E-state index contributed by atoms with van der Waals surface area (Å²) in [5.74, 6) is -5.21. The van der Waals surface area contributed by atoms with E-state index >= 15 is 0 Å². The van der Waals surface area contributed by atoms with Gasteiger partial charge < -0.3 is 24.6 Å². The molecule has 2 atom stereocenters. The molecule has 3 aliphatic rings. The molecule has 1 N–H and O–H groups in total. The fourth-order valence-corrected chi connectivity index (χ4v) is 7.13. The molecule has 1 saturated heterocycles. The number of aryl methyl sites for hydroxylation is 1. The highest BCUT2D eigenvalue weighted by molar-refractivity contribution is 6.03. The maximum atomic E-state index is 14.7. The van der Waals surface area contributed by atoms with Crippen molar-refractivity contribution in [2.75, 3.05) is 26.8 Å². The predicted octanol–water partition coefficient (Wildman–Crippen LogP) is 7.00. The number of nitrogens with zero attached hydrogens (tertiary/aromatic N) is 2. The summed E-state index contributed by atoms with van der Waals surface area (Å²) in [6, 6.07) is 13.1. The van der Waals surface area contributed by atoms with Crippen molar-refractivity contribution in [3.05, 3.63) is 106 Å². The van der Waals surface area contributed by atoms with E-state index in [9.17, 15) is 40.7 Å². The molecule has 54 heavy (non-hydrogen) atoms. The molecule has 3 aromatic rings. The third-order valence-electron chi connectivity index (χ3n) is 10.0. The predicted molar refractivity (Wildman–Crippen MR) is 186 cm³/mol. The van der Waals surface area contributed by atoms with E-state index in [1.807, 2.05) is 24.3 Å². The van der Waals surface area contributed by atoms with Crippen molar-refractivity contribution in [1.29, 1.82) is 0 Å². The van der Waals surface area contributed by atoms with Crippen molar-refractivity contribution < 1.29 is 50.2 Å². The lowest BCUT2D eigenvalue weighted by Gasteiger charge is -2.45. The molecule has 0 radical (unpaired) electrons. The number of rotatable bonds is 14. The minimum absolute atomic E-state index is 0.0129. The first-order valence-corrected chi connectivity index (χ1v) is 18.0. The number of benzene rings is 3. The maximum absolute atomic E-state index is 14.7. The van der Waals surface area contributed by atoms with Gasteiger partial charge >= 0.3 is 12.1 Å². The van der Waals surface area contributed by atoms with Gasteiger partial charge in [0.15, 0.2) is 17.4 Å². The number of esters is 1. The van der Waals surface area contributed by atoms with Crippen LogP contribution in [0.2, 0.25) is 0 Å². The number of carbonyl (C=O) groups excluding carboxylic acids is 3. The smallest absolute Gasteiger partial charge is 0.416 e. The molecule has 1 saturated carbocycles. The number of nitrogens with one attached hydrogen (secondary N) is 1. The highest BCUT2D eigenvalue weighted by Gasteiger charge is 2.43. The van der Waals surface area contributed by atoms with Gasteiger partial charge in [-0.15, -0.1) is 0 Å². The summed E-state index contributed by atoms with van der Waals surface area (Å²) in [6.45, 7) is 0.518. The minimum Gasteiger partial charge on any atom is -0.488 e. The topological polar surface area (TPSA) is 88.2 Å². The Labute approximate surface area is 309 Å². The number of fused-ring (bicyclic) bond motifs is 2. The highest BCUT2D eigenvalue weighted by atomic mass is 19.4. The van der Waals surface area contributed by atoms with Crippen LogP contribution in [0, 0.1) is 17.5 Å². The lowest BCUT2D eigenvalue weighted by Crippen LogP contribution is -2.62. The monoisotopic (exact) mass is 757 g/mol. The van der Waals surface area contributed by atoms with Gasteiger partial charge in [-0.1, -0.05) is 36.4 Å². The number of hydrogen-bond donors (Lipinski definition) is 1. The van der Waals surface area contributed by atoms with Crippen LogP contribution in [0.4, 0.5) is 26.3 Å². The van der Waals surface area contributed by atoms with Gasteiger partial charge in [0, 0.05) is 50.1 Å². The van der Waals surface area contributed by atoms with E-state index in [0.717, 1.165) is 47.7 Å². The fraction of sp³-hybridized carbons (Fsp3) is 0.425. The molecule has 2 bridgehead atoms. The Hall–Kier alpha value is -4.85. The molecular weight excluding hydrogens is 716 g/mol. The second-order valence-corrected chi connectivity index (χ2v) is 13.9. The lowest BCUT2D eigenvalue weighted by molar-refractivity contribution is -0.141. The van der Waals surface area contributed by atoms with E-state index in [1.165, 1.54) is 13.2 Å². The summed E-state index contributed by atoms with van der Waals surface area (Å²) in [4.78, 5) is 42.9. The van der Waals surface area contributed by atoms with Crippen molar-refractivity contribution in [3.63, 3.8) is 0 Å². The van der Waals surface area contributed by atoms with Crippen molar-refractivity contribution in [1.82, 2.24) is 15.1 Å². The zero-order valence-corrected chi connectivity index (χ0v) is 29.7. The third-order valence-corrected chi connectivity index (χ3v) is 10.0. The second-order valence-electron chi connectivity index (χ2n) is 13.9. The van der Waals surface area contributed by atoms with Crippen LogP contribution in [0.25, 0.3) is 5.57 Å². The average Bonchev–Trinajstić information content (AvgIpc) is 4.00. The van der Waals surface area contributed by atoms with E-state index in [-0.39, 0.29) is 56.4 Å². The summed E-state index contributed by atoms with van der Waals surface area (Å²) in [7, 11) is 1.29. The largest absolute Gasteiger partial charge is 0.488 e. The Morgan fingerprint density at radius 3 is 2.35 bits per heavy atom. The van der Waals surface area contributed by atoms with Crippen LogP contribution in [0.3, 0.4) is 0 Å². The normalized spacial score (nSPS) is 18.4. The second kappa shape index (κ2) is 16.7. The van der Waals surface area contributed by atoms with Gasteiger partial charge in [-0.05, 0) is 85.1 Å². The highest BCUT2D eigenvalue weighted by Crippen LogP contribution is 2.38. The van der Waals surface area contributed by atoms with E-state index in [2.05, 4.69) is 10.1 Å². The molecule has 14 heteroatoms. The first-order chi connectivity index (χ1) is 25.8. The Balaban J connectivity index is 1.23. The minimum atomic E-state index is -4.53. The van der Waals surface area contributed by atoms with Crippen molar-refractivity contribution in [3.8, 4) is 5.75 Å². The van der Waals surface area contributed by atoms with Crippen LogP contribution < -0.4 is 10.1 Å². The van der Waals surface area contributed by atoms with E-state index in [4.69, 9.17) is 4.74 Å². The zero-order valence-electron chi connectivity index (χ0n) is 29.7. The lowest BCUT2D eigenvalue weighted by atomic mass is 9.82. The number of alkyl halides is 3. The Kier molecular flexibility index (Phi) is 12.0. The van der Waals surface area contributed by atoms with Crippen LogP contribution in [0.5, 0.6) is 5.75 Å². The molecule has 3 aromatic carbocycles. The van der Waals surface area contributed by atoms with Gasteiger partial charge in [0.2, 0.25) is 11.7 Å². The molecule has 2 aliphatic heterocycles. The first kappa shape index (κ1) is 38.9. The molecule has 0 spiro atoms. The van der Waals surface area contributed by atoms with Gasteiger partial charge in [0.25, 0.3) is 5.91 Å². The van der Waals surface area contributed by atoms with Gasteiger partial charge in [0.1, 0.15) is 0 Å². The summed E-state index contributed by atoms with van der Waals surface area (Å²) < 4.78 is 92.0. The Bertz CT molecular complexity index is 1900. The number of ether oxygens (including phenoxy) is 2. The SMILES string of the molecule is COC(=O)CCCC(=O)N1C[C@H]2CC(c3ccc(CCCOc4c(F)ccc(F)c4F)cc3)=C(C(=O)N(Cc3cccc(C(F)(F)F)c3)C3CC3)[C@@H](C1)N2. The van der Waals surface area contributed by atoms with Crippen molar-refractivity contribution in [2.24, 2.45) is 0 Å². The quantitative estimate of drug-likeness (QED) is 0.0826. The fourth-order valence-electron chi connectivity index (χ4n) is 7.13. The molecule has 6 rings (SSSR count). The van der Waals surface area contributed by atoms with Crippen molar-refractivity contribution >= 4 is 23.4 Å². The van der Waals surface area contributed by atoms with Crippen LogP contribution in [-0.2, 0) is 38.3 Å². The molecule has 1 aliphatic carbocycles. The number of piperazine rings is 1. The van der Waals surface area contributed by atoms with Crippen LogP contribution in [-0.4, -0.2) is 72.5 Å². The molecule has 0 aromatic heterocycles. The summed E-state index contributed by atoms with van der Waals surface area (Å²) in [5, 5.41) is 3.52. The van der Waals surface area contributed by atoms with E-state index in [0.29, 0.717) is 49.4 Å². The van der Waals surface area contributed by atoms with E-state index in [1.54, 1.807) is 15.9 Å². The molecule has 8 nitrogen and oxygen atoms in total. The zero-order chi connectivity index (χ0) is 38.6. The summed E-state index contributed by atoms with van der Waals surface area (Å²) in [6.07, 6.45) is -1.27. The molecule has 288 valence electrons. The first-order valence-electron chi connectivity index (χ1n) is 18.0.